The Morgan fingerprint density at radius 2 is 1.79 bits per heavy atom. The summed E-state index contributed by atoms with van der Waals surface area (Å²) in [4.78, 5) is 29.3. The standard InChI is InChI=1S/C20H21N5O3S/c1-20(2,3)28-19(27)25-17(15-11-7-8-12-21-15)23-24-18(25)29-13-16(26)22-14-9-5-4-6-10-14/h4-12H,13H2,1-3H3,(H,22,26). The minimum Gasteiger partial charge on any atom is -0.443 e. The molecule has 0 unspecified atom stereocenters. The first kappa shape index (κ1) is 20.5. The third kappa shape index (κ3) is 5.64. The molecule has 0 saturated heterocycles. The van der Waals surface area contributed by atoms with Gasteiger partial charge in [-0.1, -0.05) is 36.0 Å². The van der Waals surface area contributed by atoms with E-state index >= 15 is 0 Å². The first-order chi connectivity index (χ1) is 13.8. The number of carbonyl (C=O) groups excluding carboxylic acids is 2. The number of nitrogens with one attached hydrogen (secondary N) is 1. The van der Waals surface area contributed by atoms with Crippen molar-refractivity contribution >= 4 is 29.4 Å². The Balaban J connectivity index is 1.81. The van der Waals surface area contributed by atoms with Crippen molar-refractivity contribution in [1.82, 2.24) is 19.7 Å². The van der Waals surface area contributed by atoms with E-state index in [1.165, 1.54) is 4.57 Å². The average Bonchev–Trinajstić information content (AvgIpc) is 3.11. The minimum absolute atomic E-state index is 0.0536. The van der Waals surface area contributed by atoms with E-state index in [9.17, 15) is 9.59 Å². The number of aromatic nitrogens is 4. The number of anilines is 1. The fourth-order valence-electron chi connectivity index (χ4n) is 2.35. The Hall–Kier alpha value is -3.20. The van der Waals surface area contributed by atoms with Crippen molar-refractivity contribution in [3.05, 3.63) is 54.7 Å². The summed E-state index contributed by atoms with van der Waals surface area (Å²) >= 11 is 1.09. The van der Waals surface area contributed by atoms with Gasteiger partial charge in [0.2, 0.25) is 11.1 Å². The van der Waals surface area contributed by atoms with Crippen molar-refractivity contribution in [2.24, 2.45) is 0 Å². The van der Waals surface area contributed by atoms with Gasteiger partial charge in [0, 0.05) is 11.9 Å². The molecule has 3 aromatic rings. The fourth-order valence-corrected chi connectivity index (χ4v) is 3.07. The Bertz CT molecular complexity index is 984. The molecule has 1 N–H and O–H groups in total. The molecule has 0 fully saturated rings. The summed E-state index contributed by atoms with van der Waals surface area (Å²) in [5, 5.41) is 11.2. The monoisotopic (exact) mass is 411 g/mol. The topological polar surface area (TPSA) is 99.0 Å². The molecule has 0 bridgehead atoms. The van der Waals surface area contributed by atoms with Crippen LogP contribution in [0.1, 0.15) is 20.8 Å². The number of hydrogen-bond donors (Lipinski definition) is 1. The van der Waals surface area contributed by atoms with Crippen LogP contribution in [0.2, 0.25) is 0 Å². The smallest absolute Gasteiger partial charge is 0.422 e. The molecule has 0 radical (unpaired) electrons. The summed E-state index contributed by atoms with van der Waals surface area (Å²) in [6, 6.07) is 14.4. The van der Waals surface area contributed by atoms with E-state index in [-0.39, 0.29) is 22.6 Å². The highest BCUT2D eigenvalue weighted by Crippen LogP contribution is 2.24. The highest BCUT2D eigenvalue weighted by molar-refractivity contribution is 7.99. The average molecular weight is 411 g/mol. The second kappa shape index (κ2) is 8.87. The van der Waals surface area contributed by atoms with Gasteiger partial charge in [-0.25, -0.2) is 9.36 Å². The van der Waals surface area contributed by atoms with Gasteiger partial charge >= 0.3 is 6.09 Å². The normalized spacial score (nSPS) is 11.1. The second-order valence-electron chi connectivity index (χ2n) is 7.04. The van der Waals surface area contributed by atoms with E-state index in [4.69, 9.17) is 4.74 Å². The van der Waals surface area contributed by atoms with Gasteiger partial charge < -0.3 is 10.1 Å². The largest absolute Gasteiger partial charge is 0.443 e. The van der Waals surface area contributed by atoms with Gasteiger partial charge in [-0.05, 0) is 45.0 Å². The molecule has 0 aliphatic heterocycles. The van der Waals surface area contributed by atoms with Crippen LogP contribution >= 0.6 is 11.8 Å². The van der Waals surface area contributed by atoms with Gasteiger partial charge in [0.25, 0.3) is 0 Å². The maximum atomic E-state index is 12.8. The predicted molar refractivity (Wildman–Crippen MR) is 111 cm³/mol. The van der Waals surface area contributed by atoms with E-state index in [1.807, 2.05) is 18.2 Å². The zero-order valence-corrected chi connectivity index (χ0v) is 17.1. The molecule has 150 valence electrons. The summed E-state index contributed by atoms with van der Waals surface area (Å²) < 4.78 is 6.73. The lowest BCUT2D eigenvalue weighted by Gasteiger charge is -2.20. The maximum Gasteiger partial charge on any atom is 0.422 e. The number of carbonyl (C=O) groups is 2. The molecular weight excluding hydrogens is 390 g/mol. The Morgan fingerprint density at radius 1 is 1.07 bits per heavy atom. The summed E-state index contributed by atoms with van der Waals surface area (Å²) in [6.45, 7) is 5.32. The molecule has 9 heteroatoms. The van der Waals surface area contributed by atoms with Crippen molar-refractivity contribution < 1.29 is 14.3 Å². The van der Waals surface area contributed by atoms with Crippen LogP contribution in [0.15, 0.2) is 59.9 Å². The summed E-state index contributed by atoms with van der Waals surface area (Å²) in [5.74, 6) is 0.0862. The minimum atomic E-state index is -0.699. The molecule has 8 nitrogen and oxygen atoms in total. The first-order valence-electron chi connectivity index (χ1n) is 8.91. The van der Waals surface area contributed by atoms with E-state index in [1.54, 1.807) is 57.3 Å². The van der Waals surface area contributed by atoms with Crippen molar-refractivity contribution in [3.8, 4) is 11.5 Å². The van der Waals surface area contributed by atoms with Crippen LogP contribution in [-0.2, 0) is 9.53 Å². The maximum absolute atomic E-state index is 12.8. The number of amides is 1. The van der Waals surface area contributed by atoms with Crippen LogP contribution in [0, 0.1) is 0 Å². The number of hydrogen-bond acceptors (Lipinski definition) is 7. The zero-order chi connectivity index (χ0) is 20.9. The highest BCUT2D eigenvalue weighted by Gasteiger charge is 2.26. The summed E-state index contributed by atoms with van der Waals surface area (Å²) in [6.07, 6.45) is 0.970. The third-order valence-electron chi connectivity index (χ3n) is 3.49. The molecule has 0 spiro atoms. The van der Waals surface area contributed by atoms with Gasteiger partial charge in [0.05, 0.1) is 5.75 Å². The van der Waals surface area contributed by atoms with E-state index in [0.29, 0.717) is 11.4 Å². The summed E-state index contributed by atoms with van der Waals surface area (Å²) in [7, 11) is 0. The van der Waals surface area contributed by atoms with Crippen LogP contribution in [0.4, 0.5) is 10.5 Å². The van der Waals surface area contributed by atoms with E-state index in [0.717, 1.165) is 11.8 Å². The van der Waals surface area contributed by atoms with Crippen LogP contribution in [0.3, 0.4) is 0 Å². The van der Waals surface area contributed by atoms with Gasteiger partial charge in [-0.15, -0.1) is 10.2 Å². The molecule has 0 aliphatic rings. The quantitative estimate of drug-likeness (QED) is 0.637. The second-order valence-corrected chi connectivity index (χ2v) is 7.98. The van der Waals surface area contributed by atoms with Crippen molar-refractivity contribution in [1.29, 1.82) is 0 Å². The van der Waals surface area contributed by atoms with Crippen LogP contribution in [0.25, 0.3) is 11.5 Å². The Labute approximate surface area is 172 Å². The van der Waals surface area contributed by atoms with Crippen LogP contribution in [-0.4, -0.2) is 43.1 Å². The summed E-state index contributed by atoms with van der Waals surface area (Å²) in [5.41, 5.74) is 0.474. The highest BCUT2D eigenvalue weighted by atomic mass is 32.2. The Morgan fingerprint density at radius 3 is 2.45 bits per heavy atom. The van der Waals surface area contributed by atoms with Gasteiger partial charge in [-0.2, -0.15) is 0 Å². The van der Waals surface area contributed by atoms with Crippen molar-refractivity contribution in [3.63, 3.8) is 0 Å². The van der Waals surface area contributed by atoms with Crippen molar-refractivity contribution in [2.45, 2.75) is 31.5 Å². The van der Waals surface area contributed by atoms with Crippen LogP contribution < -0.4 is 5.32 Å². The number of thioether (sulfide) groups is 1. The van der Waals surface area contributed by atoms with Crippen LogP contribution in [0.5, 0.6) is 0 Å². The number of benzene rings is 1. The zero-order valence-electron chi connectivity index (χ0n) is 16.3. The number of nitrogens with zero attached hydrogens (tertiary/aromatic N) is 4. The van der Waals surface area contributed by atoms with Gasteiger partial charge in [0.15, 0.2) is 5.82 Å². The first-order valence-corrected chi connectivity index (χ1v) is 9.90. The van der Waals surface area contributed by atoms with Gasteiger partial charge in [0.1, 0.15) is 11.3 Å². The molecule has 0 atom stereocenters. The van der Waals surface area contributed by atoms with E-state index < -0.39 is 11.7 Å². The number of rotatable bonds is 5. The molecule has 1 aromatic carbocycles. The SMILES string of the molecule is CC(C)(C)OC(=O)n1c(SCC(=O)Nc2ccccc2)nnc1-c1ccccn1. The van der Waals surface area contributed by atoms with Gasteiger partial charge in [-0.3, -0.25) is 9.78 Å². The van der Waals surface area contributed by atoms with E-state index in [2.05, 4.69) is 20.5 Å². The molecule has 1 amide bonds. The third-order valence-corrected chi connectivity index (χ3v) is 4.42. The lowest BCUT2D eigenvalue weighted by molar-refractivity contribution is -0.113. The molecule has 29 heavy (non-hydrogen) atoms. The van der Waals surface area contributed by atoms with Crippen molar-refractivity contribution in [2.75, 3.05) is 11.1 Å². The molecule has 3 rings (SSSR count). The number of pyridine rings is 1. The molecule has 2 heterocycles. The molecular formula is C20H21N5O3S. The molecule has 0 saturated carbocycles. The number of para-hydroxylation sites is 1. The lowest BCUT2D eigenvalue weighted by atomic mass is 10.2. The molecule has 2 aromatic heterocycles. The fraction of sp³-hybridized carbons (Fsp3) is 0.250. The number of ether oxygens (including phenoxy) is 1. The molecule has 0 aliphatic carbocycles. The lowest BCUT2D eigenvalue weighted by Crippen LogP contribution is -2.28. The Kier molecular flexibility index (Phi) is 6.28. The predicted octanol–water partition coefficient (Wildman–Crippen LogP) is 3.85.